The molecule has 46 heavy (non-hydrogen) atoms. The predicted octanol–water partition coefficient (Wildman–Crippen LogP) is 4.78. The van der Waals surface area contributed by atoms with Crippen molar-refractivity contribution in [3.05, 3.63) is 95.2 Å². The second-order valence-electron chi connectivity index (χ2n) is 11.4. The van der Waals surface area contributed by atoms with Crippen molar-refractivity contribution in [3.63, 3.8) is 0 Å². The number of pyridine rings is 1. The minimum Gasteiger partial charge on any atom is -0.472 e. The number of aromatic nitrogens is 6. The molecule has 2 atom stereocenters. The molecule has 3 aromatic heterocycles. The highest BCUT2D eigenvalue weighted by atomic mass is 32.2. The smallest absolute Gasteiger partial charge is 0.248 e. The summed E-state index contributed by atoms with van der Waals surface area (Å²) in [4.78, 5) is 25.7. The summed E-state index contributed by atoms with van der Waals surface area (Å²) in [5, 5.41) is 11.7. The van der Waals surface area contributed by atoms with Crippen LogP contribution in [0.25, 0.3) is 11.0 Å². The van der Waals surface area contributed by atoms with E-state index in [0.717, 1.165) is 38.9 Å². The first-order valence-corrected chi connectivity index (χ1v) is 16.7. The molecule has 6 rings (SSSR count). The molecule has 0 radical (unpaired) electrons. The molecule has 1 aliphatic rings. The third kappa shape index (κ3) is 6.07. The average molecular weight is 641 g/mol. The Morgan fingerprint density at radius 2 is 1.91 bits per heavy atom. The van der Waals surface area contributed by atoms with Crippen molar-refractivity contribution in [2.75, 3.05) is 11.9 Å². The molecule has 1 N–H and O–H groups in total. The molecule has 4 heterocycles. The Balaban J connectivity index is 1.40. The number of sulfonamides is 1. The number of carbonyl (C=O) groups is 1. The van der Waals surface area contributed by atoms with Crippen LogP contribution in [-0.2, 0) is 27.9 Å². The molecular formula is C33H36N8O4S. The van der Waals surface area contributed by atoms with Crippen molar-refractivity contribution >= 4 is 32.7 Å². The summed E-state index contributed by atoms with van der Waals surface area (Å²) in [7, 11) is -3.90. The molecule has 0 bridgehead atoms. The lowest BCUT2D eigenvalue weighted by Crippen LogP contribution is -2.36. The van der Waals surface area contributed by atoms with Gasteiger partial charge in [0.1, 0.15) is 22.8 Å². The van der Waals surface area contributed by atoms with Crippen molar-refractivity contribution in [3.8, 4) is 5.88 Å². The fraction of sp³-hybridized carbons (Fsp3) is 0.333. The molecule has 0 aliphatic carbocycles. The maximum absolute atomic E-state index is 13.9. The van der Waals surface area contributed by atoms with Crippen LogP contribution in [0.2, 0.25) is 0 Å². The summed E-state index contributed by atoms with van der Waals surface area (Å²) in [5.74, 6) is -0.443. The van der Waals surface area contributed by atoms with Crippen molar-refractivity contribution < 1.29 is 17.9 Å². The van der Waals surface area contributed by atoms with Crippen LogP contribution in [0.1, 0.15) is 60.4 Å². The van der Waals surface area contributed by atoms with Gasteiger partial charge in [0.15, 0.2) is 0 Å². The number of nitrogens with zero attached hydrogens (tertiary/aromatic N) is 7. The van der Waals surface area contributed by atoms with Gasteiger partial charge in [-0.2, -0.15) is 4.31 Å². The number of nitrogens with one attached hydrogen (secondary N) is 1. The number of hydrogen-bond acceptors (Lipinski definition) is 9. The van der Waals surface area contributed by atoms with Gasteiger partial charge in [0.2, 0.25) is 21.8 Å². The standard InChI is InChI=1S/C33H36N8O4S/c1-5-26-19-40(46(43,44)30-8-7-13-36-33(30)45-26)18-24-14-23(10-9-21(24)3)28(15-31(42)37-25-16-34-20-35-17-25)27-11-12-29-32(22(27)4)38-39-41(29)6-2/h7-14,16-17,20,26,28H,5-6,15,18-19H2,1-4H3,(H,37,42)/t26-,28?/m1/s1. The zero-order valence-corrected chi connectivity index (χ0v) is 27.0. The maximum Gasteiger partial charge on any atom is 0.248 e. The molecule has 0 spiro atoms. The summed E-state index contributed by atoms with van der Waals surface area (Å²) in [6, 6.07) is 13.2. The number of anilines is 1. The summed E-state index contributed by atoms with van der Waals surface area (Å²) < 4.78 is 37.1. The van der Waals surface area contributed by atoms with E-state index in [9.17, 15) is 13.2 Å². The van der Waals surface area contributed by atoms with Crippen LogP contribution >= 0.6 is 0 Å². The third-order valence-electron chi connectivity index (χ3n) is 8.51. The third-order valence-corrected chi connectivity index (χ3v) is 10.3. The molecule has 1 unspecified atom stereocenters. The minimum absolute atomic E-state index is 0.0586. The number of rotatable bonds is 9. The summed E-state index contributed by atoms with van der Waals surface area (Å²) in [6.07, 6.45) is 6.43. The van der Waals surface area contributed by atoms with Crippen LogP contribution < -0.4 is 10.1 Å². The Morgan fingerprint density at radius 1 is 1.11 bits per heavy atom. The van der Waals surface area contributed by atoms with Crippen LogP contribution in [-0.4, -0.2) is 61.2 Å². The molecular weight excluding hydrogens is 604 g/mol. The van der Waals surface area contributed by atoms with Gasteiger partial charge in [0, 0.05) is 31.6 Å². The molecule has 238 valence electrons. The fourth-order valence-electron chi connectivity index (χ4n) is 5.91. The monoisotopic (exact) mass is 640 g/mol. The minimum atomic E-state index is -3.90. The zero-order valence-electron chi connectivity index (χ0n) is 26.2. The van der Waals surface area contributed by atoms with E-state index < -0.39 is 10.0 Å². The Bertz CT molecular complexity index is 2000. The molecule has 2 aromatic carbocycles. The van der Waals surface area contributed by atoms with Gasteiger partial charge in [-0.1, -0.05) is 36.4 Å². The van der Waals surface area contributed by atoms with E-state index in [1.54, 1.807) is 18.5 Å². The number of fused-ring (bicyclic) bond motifs is 2. The fourth-order valence-corrected chi connectivity index (χ4v) is 7.43. The Morgan fingerprint density at radius 3 is 2.67 bits per heavy atom. The van der Waals surface area contributed by atoms with Gasteiger partial charge in [-0.15, -0.1) is 5.10 Å². The van der Waals surface area contributed by atoms with Gasteiger partial charge >= 0.3 is 0 Å². The van der Waals surface area contributed by atoms with Crippen LogP contribution in [0.3, 0.4) is 0 Å². The summed E-state index contributed by atoms with van der Waals surface area (Å²) in [6.45, 7) is 8.95. The highest BCUT2D eigenvalue weighted by molar-refractivity contribution is 7.89. The Labute approximate surface area is 267 Å². The predicted molar refractivity (Wildman–Crippen MR) is 173 cm³/mol. The second-order valence-corrected chi connectivity index (χ2v) is 13.3. The Kier molecular flexibility index (Phi) is 8.78. The molecule has 1 amide bonds. The van der Waals surface area contributed by atoms with Gasteiger partial charge in [-0.3, -0.25) is 4.79 Å². The number of amides is 1. The molecule has 0 saturated carbocycles. The van der Waals surface area contributed by atoms with E-state index in [0.29, 0.717) is 18.7 Å². The van der Waals surface area contributed by atoms with E-state index in [4.69, 9.17) is 4.74 Å². The van der Waals surface area contributed by atoms with E-state index >= 15 is 0 Å². The van der Waals surface area contributed by atoms with Crippen molar-refractivity contribution in [2.45, 2.75) is 70.5 Å². The summed E-state index contributed by atoms with van der Waals surface area (Å²) >= 11 is 0. The van der Waals surface area contributed by atoms with Crippen molar-refractivity contribution in [2.24, 2.45) is 0 Å². The highest BCUT2D eigenvalue weighted by Gasteiger charge is 2.35. The summed E-state index contributed by atoms with van der Waals surface area (Å²) in [5.41, 5.74) is 6.72. The lowest BCUT2D eigenvalue weighted by Gasteiger charge is -2.25. The number of ether oxygens (including phenoxy) is 1. The van der Waals surface area contributed by atoms with Crippen LogP contribution in [0.15, 0.2) is 72.3 Å². The zero-order chi connectivity index (χ0) is 32.4. The molecule has 0 saturated heterocycles. The first kappa shape index (κ1) is 31.2. The van der Waals surface area contributed by atoms with Crippen molar-refractivity contribution in [1.82, 2.24) is 34.3 Å². The van der Waals surface area contributed by atoms with Gasteiger partial charge < -0.3 is 10.1 Å². The van der Waals surface area contributed by atoms with E-state index in [1.807, 2.05) is 62.7 Å². The number of hydrogen-bond donors (Lipinski definition) is 1. The average Bonchev–Trinajstić information content (AvgIpc) is 3.45. The Hall–Kier alpha value is -4.75. The quantitative estimate of drug-likeness (QED) is 0.241. The van der Waals surface area contributed by atoms with E-state index in [-0.39, 0.29) is 48.2 Å². The molecule has 5 aromatic rings. The molecule has 1 aliphatic heterocycles. The van der Waals surface area contributed by atoms with E-state index in [1.165, 1.54) is 22.9 Å². The SMILES string of the molecule is CC[C@@H]1CN(Cc2cc(C(CC(=O)Nc3cncnc3)c3ccc4c(nnn4CC)c3C)ccc2C)S(=O)(=O)c2cccnc2O1. The topological polar surface area (TPSA) is 145 Å². The normalized spacial score (nSPS) is 16.7. The largest absolute Gasteiger partial charge is 0.472 e. The van der Waals surface area contributed by atoms with Gasteiger partial charge in [-0.05, 0) is 73.2 Å². The van der Waals surface area contributed by atoms with Crippen molar-refractivity contribution in [1.29, 1.82) is 0 Å². The number of benzene rings is 2. The van der Waals surface area contributed by atoms with Gasteiger partial charge in [0.05, 0.1) is 30.1 Å². The molecule has 13 heteroatoms. The molecule has 0 fully saturated rings. The highest BCUT2D eigenvalue weighted by Crippen LogP contribution is 2.36. The number of aryl methyl sites for hydroxylation is 3. The van der Waals surface area contributed by atoms with E-state index in [2.05, 4.69) is 30.6 Å². The molecule has 12 nitrogen and oxygen atoms in total. The van der Waals surface area contributed by atoms with Crippen LogP contribution in [0.4, 0.5) is 5.69 Å². The first-order valence-electron chi connectivity index (χ1n) is 15.3. The second kappa shape index (κ2) is 12.9. The van der Waals surface area contributed by atoms with Crippen LogP contribution in [0, 0.1) is 13.8 Å². The van der Waals surface area contributed by atoms with Gasteiger partial charge in [-0.25, -0.2) is 28.1 Å². The van der Waals surface area contributed by atoms with Crippen LogP contribution in [0.5, 0.6) is 5.88 Å². The lowest BCUT2D eigenvalue weighted by atomic mass is 9.84. The lowest BCUT2D eigenvalue weighted by molar-refractivity contribution is -0.116. The van der Waals surface area contributed by atoms with Gasteiger partial charge in [0.25, 0.3) is 0 Å². The number of carbonyl (C=O) groups excluding carboxylic acids is 1. The first-order chi connectivity index (χ1) is 22.2. The maximum atomic E-state index is 13.9.